The normalized spacial score (nSPS) is 29.1. The van der Waals surface area contributed by atoms with Crippen molar-refractivity contribution in [3.05, 3.63) is 42.0 Å². The summed E-state index contributed by atoms with van der Waals surface area (Å²) in [7, 11) is 2.23. The molecule has 2 heterocycles. The molecule has 2 aliphatic heterocycles. The van der Waals surface area contributed by atoms with Gasteiger partial charge in [-0.3, -0.25) is 4.79 Å². The van der Waals surface area contributed by atoms with E-state index in [-0.39, 0.29) is 5.92 Å². The van der Waals surface area contributed by atoms with Crippen LogP contribution in [0.5, 0.6) is 0 Å². The largest absolute Gasteiger partial charge is 0.300 e. The predicted octanol–water partition coefficient (Wildman–Crippen LogP) is 4.17. The van der Waals surface area contributed by atoms with Crippen molar-refractivity contribution < 1.29 is 4.79 Å². The fourth-order valence-corrected chi connectivity index (χ4v) is 3.98. The first kappa shape index (κ1) is 14.5. The molecule has 0 saturated carbocycles. The van der Waals surface area contributed by atoms with Gasteiger partial charge in [-0.25, -0.2) is 0 Å². The molecule has 112 valence electrons. The Hall–Kier alpha value is -1.41. The second kappa shape index (κ2) is 5.76. The minimum absolute atomic E-state index is 0.215. The summed E-state index contributed by atoms with van der Waals surface area (Å²) >= 11 is 0. The van der Waals surface area contributed by atoms with Crippen LogP contribution in [0.15, 0.2) is 30.8 Å². The average molecular weight is 283 g/mol. The highest BCUT2D eigenvalue weighted by Crippen LogP contribution is 2.37. The van der Waals surface area contributed by atoms with Crippen molar-refractivity contribution in [1.82, 2.24) is 4.90 Å². The highest BCUT2D eigenvalue weighted by Gasteiger charge is 2.38. The van der Waals surface area contributed by atoms with E-state index in [4.69, 9.17) is 0 Å². The van der Waals surface area contributed by atoms with Crippen LogP contribution in [0.3, 0.4) is 0 Å². The summed E-state index contributed by atoms with van der Waals surface area (Å²) in [6, 6.07) is 9.21. The SMILES string of the molecule is C=C(C)c1ccc(C(=O)C2CC3CCCC(C2)N3C)cc1. The monoisotopic (exact) mass is 283 g/mol. The lowest BCUT2D eigenvalue weighted by molar-refractivity contribution is 0.0338. The summed E-state index contributed by atoms with van der Waals surface area (Å²) in [6.07, 6.45) is 5.91. The van der Waals surface area contributed by atoms with Crippen LogP contribution in [0, 0.1) is 5.92 Å². The molecule has 1 aromatic carbocycles. The molecule has 2 saturated heterocycles. The number of carbonyl (C=O) groups is 1. The Balaban J connectivity index is 1.75. The Bertz CT molecular complexity index is 531. The molecule has 0 aliphatic carbocycles. The molecule has 0 radical (unpaired) electrons. The molecule has 3 rings (SSSR count). The Kier molecular flexibility index (Phi) is 3.99. The van der Waals surface area contributed by atoms with Gasteiger partial charge in [-0.15, -0.1) is 0 Å². The summed E-state index contributed by atoms with van der Waals surface area (Å²) in [6.45, 7) is 5.94. The van der Waals surface area contributed by atoms with Crippen LogP contribution in [0.1, 0.15) is 54.9 Å². The minimum Gasteiger partial charge on any atom is -0.300 e. The van der Waals surface area contributed by atoms with Gasteiger partial charge in [0.05, 0.1) is 0 Å². The minimum atomic E-state index is 0.215. The van der Waals surface area contributed by atoms with Crippen LogP contribution >= 0.6 is 0 Å². The molecule has 2 bridgehead atoms. The van der Waals surface area contributed by atoms with E-state index in [2.05, 4.69) is 18.5 Å². The van der Waals surface area contributed by atoms with Crippen LogP contribution in [0.2, 0.25) is 0 Å². The predicted molar refractivity (Wildman–Crippen MR) is 87.4 cm³/mol. The smallest absolute Gasteiger partial charge is 0.166 e. The van der Waals surface area contributed by atoms with E-state index < -0.39 is 0 Å². The summed E-state index contributed by atoms with van der Waals surface area (Å²) in [4.78, 5) is 15.3. The number of allylic oxidation sites excluding steroid dienone is 1. The molecule has 0 spiro atoms. The van der Waals surface area contributed by atoms with Crippen molar-refractivity contribution in [2.75, 3.05) is 7.05 Å². The maximum Gasteiger partial charge on any atom is 0.166 e. The summed E-state index contributed by atoms with van der Waals surface area (Å²) in [5.41, 5.74) is 3.03. The number of hydrogen-bond acceptors (Lipinski definition) is 2. The molecule has 2 unspecified atom stereocenters. The zero-order valence-corrected chi connectivity index (χ0v) is 13.1. The molecule has 1 aromatic rings. The van der Waals surface area contributed by atoms with Gasteiger partial charge in [0.25, 0.3) is 0 Å². The lowest BCUT2D eigenvalue weighted by Gasteiger charge is -2.46. The summed E-state index contributed by atoms with van der Waals surface area (Å²) in [5, 5.41) is 0. The first-order valence-electron chi connectivity index (χ1n) is 8.08. The molecular formula is C19H25NO. The number of nitrogens with zero attached hydrogens (tertiary/aromatic N) is 1. The zero-order valence-electron chi connectivity index (χ0n) is 13.1. The van der Waals surface area contributed by atoms with E-state index in [9.17, 15) is 4.79 Å². The molecule has 2 aliphatic rings. The Morgan fingerprint density at radius 3 is 2.14 bits per heavy atom. The van der Waals surface area contributed by atoms with Crippen LogP contribution in [0.4, 0.5) is 0 Å². The van der Waals surface area contributed by atoms with Gasteiger partial charge in [0.1, 0.15) is 0 Å². The Morgan fingerprint density at radius 1 is 1.10 bits per heavy atom. The molecule has 2 nitrogen and oxygen atoms in total. The second-order valence-electron chi connectivity index (χ2n) is 6.79. The first-order chi connectivity index (χ1) is 10.1. The van der Waals surface area contributed by atoms with Gasteiger partial charge in [-0.1, -0.05) is 42.8 Å². The number of rotatable bonds is 3. The van der Waals surface area contributed by atoms with Gasteiger partial charge in [0.2, 0.25) is 0 Å². The quantitative estimate of drug-likeness (QED) is 0.776. The lowest BCUT2D eigenvalue weighted by atomic mass is 9.76. The maximum absolute atomic E-state index is 12.8. The van der Waals surface area contributed by atoms with Crippen LogP contribution in [-0.4, -0.2) is 29.8 Å². The van der Waals surface area contributed by atoms with Crippen LogP contribution in [-0.2, 0) is 0 Å². The van der Waals surface area contributed by atoms with Gasteiger partial charge in [0.15, 0.2) is 5.78 Å². The third-order valence-corrected chi connectivity index (χ3v) is 5.37. The van der Waals surface area contributed by atoms with Crippen LogP contribution < -0.4 is 0 Å². The maximum atomic E-state index is 12.8. The van der Waals surface area contributed by atoms with E-state index in [0.717, 1.165) is 29.5 Å². The molecule has 2 atom stereocenters. The van der Waals surface area contributed by atoms with Gasteiger partial charge in [-0.2, -0.15) is 0 Å². The highest BCUT2D eigenvalue weighted by molar-refractivity contribution is 5.98. The molecule has 0 amide bonds. The molecule has 21 heavy (non-hydrogen) atoms. The number of carbonyl (C=O) groups excluding carboxylic acids is 1. The van der Waals surface area contributed by atoms with Crippen molar-refractivity contribution >= 4 is 11.4 Å². The summed E-state index contributed by atoms with van der Waals surface area (Å²) in [5.74, 6) is 0.556. The zero-order chi connectivity index (χ0) is 15.0. The van der Waals surface area contributed by atoms with Crippen molar-refractivity contribution in [1.29, 1.82) is 0 Å². The second-order valence-corrected chi connectivity index (χ2v) is 6.79. The fraction of sp³-hybridized carbons (Fsp3) is 0.526. The third-order valence-electron chi connectivity index (χ3n) is 5.37. The topological polar surface area (TPSA) is 20.3 Å². The van der Waals surface area contributed by atoms with Crippen LogP contribution in [0.25, 0.3) is 5.57 Å². The van der Waals surface area contributed by atoms with Crippen molar-refractivity contribution in [3.63, 3.8) is 0 Å². The fourth-order valence-electron chi connectivity index (χ4n) is 3.98. The Morgan fingerprint density at radius 2 is 1.62 bits per heavy atom. The molecule has 0 aromatic heterocycles. The van der Waals surface area contributed by atoms with Gasteiger partial charge in [-0.05, 0) is 45.2 Å². The van der Waals surface area contributed by atoms with E-state index >= 15 is 0 Å². The van der Waals surface area contributed by atoms with E-state index in [0.29, 0.717) is 17.9 Å². The van der Waals surface area contributed by atoms with E-state index in [1.54, 1.807) is 0 Å². The summed E-state index contributed by atoms with van der Waals surface area (Å²) < 4.78 is 0. The molecular weight excluding hydrogens is 258 g/mol. The lowest BCUT2D eigenvalue weighted by Crippen LogP contribution is -2.51. The number of benzene rings is 1. The van der Waals surface area contributed by atoms with Gasteiger partial charge < -0.3 is 4.90 Å². The van der Waals surface area contributed by atoms with Crippen molar-refractivity contribution in [3.8, 4) is 0 Å². The molecule has 0 N–H and O–H groups in total. The van der Waals surface area contributed by atoms with E-state index in [1.165, 1.54) is 19.3 Å². The number of piperidine rings is 2. The van der Waals surface area contributed by atoms with Crippen molar-refractivity contribution in [2.24, 2.45) is 5.92 Å². The van der Waals surface area contributed by atoms with Crippen molar-refractivity contribution in [2.45, 2.75) is 51.1 Å². The average Bonchev–Trinajstić information content (AvgIpc) is 2.46. The first-order valence-corrected chi connectivity index (χ1v) is 8.08. The molecule has 2 fully saturated rings. The number of ketones is 1. The standard InChI is InChI=1S/C19H25NO/c1-13(2)14-7-9-15(10-8-14)19(21)16-11-17-5-4-6-18(12-16)20(17)3/h7-10,16-18H,1,4-6,11-12H2,2-3H3. The number of Topliss-reactive ketones (excluding diaryl/α,β-unsaturated/α-hetero) is 1. The highest BCUT2D eigenvalue weighted by atomic mass is 16.1. The number of hydrogen-bond donors (Lipinski definition) is 0. The van der Waals surface area contributed by atoms with Gasteiger partial charge in [0, 0.05) is 23.6 Å². The van der Waals surface area contributed by atoms with Gasteiger partial charge >= 0.3 is 0 Å². The number of fused-ring (bicyclic) bond motifs is 2. The third kappa shape index (κ3) is 2.82. The van der Waals surface area contributed by atoms with E-state index in [1.807, 2.05) is 31.2 Å². The molecule has 2 heteroatoms. The Labute approximate surface area is 127 Å².